The fourth-order valence-corrected chi connectivity index (χ4v) is 8.70. The lowest BCUT2D eigenvalue weighted by molar-refractivity contribution is -0.137. The van der Waals surface area contributed by atoms with Crippen molar-refractivity contribution >= 4 is 62.6 Å². The number of ether oxygens (including phenoxy) is 1. The second kappa shape index (κ2) is 31.6. The Kier molecular flexibility index (Phi) is 25.5. The van der Waals surface area contributed by atoms with Crippen LogP contribution in [0.3, 0.4) is 0 Å². The number of rotatable bonds is 26. The van der Waals surface area contributed by atoms with Crippen LogP contribution in [0, 0.1) is 23.0 Å². The van der Waals surface area contributed by atoms with Crippen molar-refractivity contribution in [1.29, 1.82) is 0 Å². The largest absolute Gasteiger partial charge is 0.445 e. The number of anilines is 1. The molecular formula is C56H76F2N11O9P. The number of alkyl carbamates (subject to hydrolysis) is 1. The molecule has 1 aromatic heterocycles. The summed E-state index contributed by atoms with van der Waals surface area (Å²) in [4.78, 5) is 106. The number of carbonyl (C=O) groups is 8. The molecule has 4 aromatic rings. The number of primary amides is 1. The van der Waals surface area contributed by atoms with Gasteiger partial charge in [0.1, 0.15) is 30.1 Å². The van der Waals surface area contributed by atoms with Crippen LogP contribution in [0.15, 0.2) is 91.1 Å². The zero-order valence-corrected chi connectivity index (χ0v) is 47.2. The van der Waals surface area contributed by atoms with Crippen molar-refractivity contribution in [2.75, 3.05) is 44.7 Å². The molecule has 1 aliphatic rings. The van der Waals surface area contributed by atoms with E-state index in [1.54, 1.807) is 49.2 Å². The number of halogens is 2. The molecule has 0 radical (unpaired) electrons. The van der Waals surface area contributed by atoms with Crippen LogP contribution < -0.4 is 37.6 Å². The van der Waals surface area contributed by atoms with Crippen LogP contribution in [0.25, 0.3) is 11.3 Å². The fourth-order valence-electron chi connectivity index (χ4n) is 8.34. The molecular weight excluding hydrogens is 1040 g/mol. The number of carbonyl (C=O) groups excluding carboxylic acids is 8. The van der Waals surface area contributed by atoms with E-state index in [0.29, 0.717) is 62.0 Å². The molecule has 0 fully saturated rings. The first-order valence-electron chi connectivity index (χ1n) is 26.3. The molecule has 428 valence electrons. The zero-order valence-electron chi connectivity index (χ0n) is 46.0. The monoisotopic (exact) mass is 1120 g/mol. The summed E-state index contributed by atoms with van der Waals surface area (Å²) in [6.45, 7) is 12.4. The SMILES string of the molecule is CCCNC(N)=O.CNC(=O)N(CCC(CP)NC(=O)OCc1ccc(NC(=O)CNC(=O)C(NC(=O)CCCCCN2C(=O)C=CC2=O)C(C)C)cc1)C(c1nc(-c2cc(F)ccc2F)cn1Cc1ccccc1)C(C)(C)C. The molecule has 5 rings (SSSR count). The number of hydrogen-bond acceptors (Lipinski definition) is 10. The Morgan fingerprint density at radius 1 is 0.861 bits per heavy atom. The van der Waals surface area contributed by atoms with E-state index in [2.05, 4.69) is 41.1 Å². The average molecular weight is 1120 g/mol. The molecule has 0 spiro atoms. The van der Waals surface area contributed by atoms with Crippen LogP contribution in [-0.2, 0) is 41.9 Å². The Balaban J connectivity index is 0.00000179. The predicted octanol–water partition coefficient (Wildman–Crippen LogP) is 6.91. The van der Waals surface area contributed by atoms with Gasteiger partial charge in [-0.05, 0) is 84.6 Å². The molecule has 79 heavy (non-hydrogen) atoms. The first kappa shape index (κ1) is 63.8. The number of amides is 10. The third kappa shape index (κ3) is 20.9. The lowest BCUT2D eigenvalue weighted by Crippen LogP contribution is -2.51. The number of nitrogens with zero attached hydrogens (tertiary/aromatic N) is 4. The molecule has 8 N–H and O–H groups in total. The summed E-state index contributed by atoms with van der Waals surface area (Å²) >= 11 is 0. The number of imide groups is 1. The summed E-state index contributed by atoms with van der Waals surface area (Å²) in [6.07, 6.45) is 6.94. The molecule has 1 aliphatic heterocycles. The van der Waals surface area contributed by atoms with Crippen molar-refractivity contribution in [3.63, 3.8) is 0 Å². The van der Waals surface area contributed by atoms with Crippen molar-refractivity contribution in [3.05, 3.63) is 120 Å². The molecule has 23 heteroatoms. The topological polar surface area (TPSA) is 268 Å². The third-order valence-electron chi connectivity index (χ3n) is 12.4. The first-order valence-corrected chi connectivity index (χ1v) is 27.1. The second-order valence-electron chi connectivity index (χ2n) is 20.2. The predicted molar refractivity (Wildman–Crippen MR) is 300 cm³/mol. The highest BCUT2D eigenvalue weighted by Gasteiger charge is 2.39. The number of nitrogens with one attached hydrogen (secondary N) is 6. The Hall–Kier alpha value is -7.74. The molecule has 0 saturated heterocycles. The van der Waals surface area contributed by atoms with E-state index in [0.717, 1.165) is 35.1 Å². The lowest BCUT2D eigenvalue weighted by Gasteiger charge is -2.40. The highest BCUT2D eigenvalue weighted by molar-refractivity contribution is 7.16. The van der Waals surface area contributed by atoms with Gasteiger partial charge in [-0.25, -0.2) is 28.1 Å². The number of aromatic nitrogens is 2. The van der Waals surface area contributed by atoms with Gasteiger partial charge < -0.3 is 51.8 Å². The number of urea groups is 2. The number of hydrogen-bond donors (Lipinski definition) is 7. The Morgan fingerprint density at radius 3 is 2.14 bits per heavy atom. The normalized spacial score (nSPS) is 13.1. The second-order valence-corrected chi connectivity index (χ2v) is 20.7. The van der Waals surface area contributed by atoms with E-state index in [1.807, 2.05) is 62.6 Å². The standard InChI is InChI=1S/C52H66F2N9O8P.C4H10N2O/c1-33(2)46(60-42(64)15-11-8-12-25-62-44(66)22-23-45(62)67)49(68)56-28-43(65)57-37-19-16-35(17-20-37)31-71-51(70)58-38(32-72)24-26-63(50(69)55-6)47(52(3,4)5)48-59-41(39-27-36(53)18-21-40(39)54)30-61(48)29-34-13-9-7-10-14-34;1-2-3-6-4(5)7/h7,9-10,13-14,16-23,27,30,33,38,46-47H,8,11-12,15,24-26,28-29,31-32,72H2,1-6H3,(H,55,69)(H,56,68)(H,57,65)(H,58,70)(H,60,64);2-3H2,1H3,(H3,5,6,7). The molecule has 0 saturated carbocycles. The van der Waals surface area contributed by atoms with Crippen LogP contribution in [0.1, 0.15) is 103 Å². The number of benzene rings is 3. The molecule has 20 nitrogen and oxygen atoms in total. The van der Waals surface area contributed by atoms with Gasteiger partial charge in [-0.3, -0.25) is 28.9 Å². The molecule has 0 bridgehead atoms. The van der Waals surface area contributed by atoms with E-state index >= 15 is 4.39 Å². The average Bonchev–Trinajstić information content (AvgIpc) is 4.21. The Morgan fingerprint density at radius 2 is 1.54 bits per heavy atom. The van der Waals surface area contributed by atoms with Gasteiger partial charge in [-0.2, -0.15) is 0 Å². The number of nitrogens with two attached hydrogens (primary N) is 1. The van der Waals surface area contributed by atoms with Gasteiger partial charge in [-0.1, -0.05) is 90.4 Å². The fraction of sp³-hybridized carbons (Fsp3) is 0.446. The maximum absolute atomic E-state index is 15.2. The van der Waals surface area contributed by atoms with Crippen molar-refractivity contribution in [3.8, 4) is 11.3 Å². The van der Waals surface area contributed by atoms with Gasteiger partial charge in [0, 0.05) is 75.3 Å². The molecule has 10 amide bonds. The third-order valence-corrected chi connectivity index (χ3v) is 13.0. The van der Waals surface area contributed by atoms with E-state index in [-0.39, 0.29) is 67.6 Å². The zero-order chi connectivity index (χ0) is 58.2. The molecule has 4 unspecified atom stereocenters. The van der Waals surface area contributed by atoms with Crippen LogP contribution in [0.5, 0.6) is 0 Å². The van der Waals surface area contributed by atoms with Gasteiger partial charge in [-0.15, -0.1) is 9.24 Å². The van der Waals surface area contributed by atoms with E-state index in [9.17, 15) is 42.7 Å². The van der Waals surface area contributed by atoms with E-state index in [1.165, 1.54) is 19.2 Å². The summed E-state index contributed by atoms with van der Waals surface area (Å²) in [5, 5.41) is 16.1. The summed E-state index contributed by atoms with van der Waals surface area (Å²) < 4.78 is 37.0. The van der Waals surface area contributed by atoms with Crippen molar-refractivity contribution < 1.29 is 51.9 Å². The molecule has 2 heterocycles. The van der Waals surface area contributed by atoms with Gasteiger partial charge >= 0.3 is 18.2 Å². The smallest absolute Gasteiger partial charge is 0.407 e. The first-order chi connectivity index (χ1) is 37.5. The van der Waals surface area contributed by atoms with Crippen LogP contribution in [0.4, 0.5) is 28.9 Å². The maximum atomic E-state index is 15.2. The van der Waals surface area contributed by atoms with Crippen LogP contribution in [-0.4, -0.2) is 119 Å². The van der Waals surface area contributed by atoms with Crippen molar-refractivity contribution in [1.82, 2.24) is 45.9 Å². The lowest BCUT2D eigenvalue weighted by atomic mass is 9.84. The molecule has 4 atom stereocenters. The highest BCUT2D eigenvalue weighted by Crippen LogP contribution is 2.40. The number of unbranched alkanes of at least 4 members (excludes halogenated alkanes) is 2. The van der Waals surface area contributed by atoms with Gasteiger partial charge in [0.15, 0.2) is 0 Å². The minimum atomic E-state index is -0.873. The van der Waals surface area contributed by atoms with Crippen molar-refractivity contribution in [2.24, 2.45) is 17.1 Å². The van der Waals surface area contributed by atoms with Crippen LogP contribution >= 0.6 is 9.24 Å². The quantitative estimate of drug-likeness (QED) is 0.0194. The molecule has 3 aromatic carbocycles. The Labute approximate surface area is 463 Å². The van der Waals surface area contributed by atoms with Crippen molar-refractivity contribution in [2.45, 2.75) is 111 Å². The minimum Gasteiger partial charge on any atom is -0.445 e. The Bertz CT molecular complexity index is 2720. The van der Waals surface area contributed by atoms with E-state index < -0.39 is 65.1 Å². The summed E-state index contributed by atoms with van der Waals surface area (Å²) in [7, 11) is 4.13. The summed E-state index contributed by atoms with van der Waals surface area (Å²) in [5.41, 5.74) is 6.31. The van der Waals surface area contributed by atoms with Gasteiger partial charge in [0.25, 0.3) is 11.8 Å². The summed E-state index contributed by atoms with van der Waals surface area (Å²) in [5.74, 6) is -3.09. The van der Waals surface area contributed by atoms with Crippen LogP contribution in [0.2, 0.25) is 0 Å². The summed E-state index contributed by atoms with van der Waals surface area (Å²) in [6, 6.07) is 16.6. The molecule has 0 aliphatic carbocycles. The maximum Gasteiger partial charge on any atom is 0.407 e. The highest BCUT2D eigenvalue weighted by atomic mass is 31.0. The van der Waals surface area contributed by atoms with Gasteiger partial charge in [0.2, 0.25) is 17.7 Å². The van der Waals surface area contributed by atoms with E-state index in [4.69, 9.17) is 15.5 Å². The minimum absolute atomic E-state index is 0.00953. The number of imidazole rings is 1. The van der Waals surface area contributed by atoms with Gasteiger partial charge in [0.05, 0.1) is 18.3 Å².